The molecule has 2 saturated heterocycles. The normalized spacial score (nSPS) is 27.9. The minimum Gasteiger partial charge on any atom is -0.463 e. The molecule has 2 fully saturated rings. The number of benzene rings is 1. The fourth-order valence-electron chi connectivity index (χ4n) is 5.35. The average Bonchev–Trinajstić information content (AvgIpc) is 3.03. The van der Waals surface area contributed by atoms with Gasteiger partial charge in [-0.3, -0.25) is 43.7 Å². The van der Waals surface area contributed by atoms with Crippen LogP contribution in [-0.2, 0) is 80.9 Å². The van der Waals surface area contributed by atoms with Gasteiger partial charge in [-0.05, 0) is 12.1 Å². The van der Waals surface area contributed by atoms with E-state index < -0.39 is 121 Å². The van der Waals surface area contributed by atoms with Crippen LogP contribution in [0.4, 0.5) is 5.69 Å². The van der Waals surface area contributed by atoms with Crippen molar-refractivity contribution in [3.63, 3.8) is 0 Å². The third-order valence-electron chi connectivity index (χ3n) is 7.19. The van der Waals surface area contributed by atoms with E-state index >= 15 is 0 Å². The van der Waals surface area contributed by atoms with Crippen molar-refractivity contribution >= 4 is 47.5 Å². The molecule has 21 heteroatoms. The molecule has 0 bridgehead atoms. The molecule has 1 aromatic carbocycles. The first-order chi connectivity index (χ1) is 24.9. The third-order valence-corrected chi connectivity index (χ3v) is 7.19. The van der Waals surface area contributed by atoms with Gasteiger partial charge in [-0.2, -0.15) is 0 Å². The van der Waals surface area contributed by atoms with Crippen molar-refractivity contribution in [2.24, 2.45) is 0 Å². The topological polar surface area (TPSA) is 264 Å². The van der Waals surface area contributed by atoms with Gasteiger partial charge in [0.05, 0.1) is 4.92 Å². The summed E-state index contributed by atoms with van der Waals surface area (Å²) in [5.41, 5.74) is -0.276. The van der Waals surface area contributed by atoms with E-state index in [0.717, 1.165) is 60.6 Å². The fourth-order valence-corrected chi connectivity index (χ4v) is 5.35. The van der Waals surface area contributed by atoms with Gasteiger partial charge in [0, 0.05) is 60.6 Å². The summed E-state index contributed by atoms with van der Waals surface area (Å²) in [7, 11) is 0. The number of carbonyl (C=O) groups excluding carboxylic acids is 7. The molecular weight excluding hydrogens is 718 g/mol. The van der Waals surface area contributed by atoms with Crippen LogP contribution in [0, 0.1) is 10.1 Å². The van der Waals surface area contributed by atoms with Gasteiger partial charge >= 0.3 is 41.8 Å². The summed E-state index contributed by atoms with van der Waals surface area (Å²) < 4.78 is 61.9. The SMILES string of the molecule is CC(=O)OC[C@H]1OC(O[C@H]2[C@H](OC(C)=O)[C@@H](OC(C)=O)[C@H](Oc3ccc([N+](=O)[O-])cc3)O[C@@H]2COC(C)=O)C(OC(C)=O)[C@@H](OC(C)=O)[C@H]1OC(C)=O. The Labute approximate surface area is 301 Å². The van der Waals surface area contributed by atoms with Crippen LogP contribution in [0.25, 0.3) is 0 Å². The second-order valence-corrected chi connectivity index (χ2v) is 11.5. The summed E-state index contributed by atoms with van der Waals surface area (Å²) in [6, 6.07) is 4.67. The Morgan fingerprint density at radius 1 is 0.547 bits per heavy atom. The van der Waals surface area contributed by atoms with Crippen LogP contribution in [0.15, 0.2) is 24.3 Å². The number of esters is 7. The average molecular weight is 758 g/mol. The van der Waals surface area contributed by atoms with Crippen LogP contribution >= 0.6 is 0 Å². The second kappa shape index (κ2) is 18.9. The first-order valence-corrected chi connectivity index (χ1v) is 15.9. The first kappa shape index (κ1) is 42.0. The van der Waals surface area contributed by atoms with E-state index in [0.29, 0.717) is 0 Å². The first-order valence-electron chi connectivity index (χ1n) is 15.9. The number of nitrogens with zero attached hydrogens (tertiary/aromatic N) is 1. The Hall–Kier alpha value is -5.41. The molecular formula is C32H39NO20. The number of non-ortho nitro benzene ring substituents is 1. The van der Waals surface area contributed by atoms with Crippen LogP contribution in [0.5, 0.6) is 5.75 Å². The van der Waals surface area contributed by atoms with Crippen molar-refractivity contribution in [2.45, 2.75) is 110 Å². The maximum Gasteiger partial charge on any atom is 0.303 e. The zero-order valence-corrected chi connectivity index (χ0v) is 29.6. The molecule has 0 aliphatic carbocycles. The van der Waals surface area contributed by atoms with Crippen molar-refractivity contribution in [1.29, 1.82) is 0 Å². The summed E-state index contributed by atoms with van der Waals surface area (Å²) >= 11 is 0. The molecule has 0 saturated carbocycles. The van der Waals surface area contributed by atoms with E-state index in [2.05, 4.69) is 0 Å². The van der Waals surface area contributed by atoms with Crippen molar-refractivity contribution < 1.29 is 90.6 Å². The summed E-state index contributed by atoms with van der Waals surface area (Å²) in [5.74, 6) is -6.22. The second-order valence-electron chi connectivity index (χ2n) is 11.5. The zero-order valence-electron chi connectivity index (χ0n) is 29.6. The van der Waals surface area contributed by atoms with Crippen LogP contribution in [0.2, 0.25) is 0 Å². The van der Waals surface area contributed by atoms with Gasteiger partial charge in [0.1, 0.15) is 37.3 Å². The Morgan fingerprint density at radius 2 is 0.925 bits per heavy atom. The molecule has 0 N–H and O–H groups in total. The summed E-state index contributed by atoms with van der Waals surface area (Å²) in [6.07, 6.45) is -16.4. The summed E-state index contributed by atoms with van der Waals surface area (Å²) in [4.78, 5) is 96.0. The van der Waals surface area contributed by atoms with Gasteiger partial charge in [-0.15, -0.1) is 0 Å². The van der Waals surface area contributed by atoms with Crippen molar-refractivity contribution in [3.05, 3.63) is 34.4 Å². The molecule has 2 heterocycles. The summed E-state index contributed by atoms with van der Waals surface area (Å²) in [6.45, 7) is 6.00. The molecule has 0 amide bonds. The van der Waals surface area contributed by atoms with Gasteiger partial charge in [0.25, 0.3) is 5.69 Å². The van der Waals surface area contributed by atoms with Gasteiger partial charge in [-0.1, -0.05) is 0 Å². The van der Waals surface area contributed by atoms with Gasteiger partial charge in [0.2, 0.25) is 12.4 Å². The molecule has 2 aliphatic heterocycles. The third kappa shape index (κ3) is 12.4. The van der Waals surface area contributed by atoms with E-state index in [1.54, 1.807) is 0 Å². The zero-order chi connectivity index (χ0) is 39.6. The lowest BCUT2D eigenvalue weighted by molar-refractivity contribution is -0.384. The van der Waals surface area contributed by atoms with Gasteiger partial charge in [-0.25, -0.2) is 0 Å². The molecule has 0 radical (unpaired) electrons. The highest BCUT2D eigenvalue weighted by Gasteiger charge is 2.58. The number of carbonyl (C=O) groups is 7. The van der Waals surface area contributed by atoms with Crippen molar-refractivity contribution in [2.75, 3.05) is 13.2 Å². The van der Waals surface area contributed by atoms with Gasteiger partial charge < -0.3 is 52.1 Å². The highest BCUT2D eigenvalue weighted by atomic mass is 16.8. The lowest BCUT2D eigenvalue weighted by Gasteiger charge is -2.48. The largest absolute Gasteiger partial charge is 0.463 e. The molecule has 1 aromatic rings. The quantitative estimate of drug-likeness (QED) is 0.109. The Bertz CT molecular complexity index is 1530. The monoisotopic (exact) mass is 757 g/mol. The van der Waals surface area contributed by atoms with E-state index in [-0.39, 0.29) is 11.4 Å². The lowest BCUT2D eigenvalue weighted by atomic mass is 9.96. The van der Waals surface area contributed by atoms with Crippen molar-refractivity contribution in [3.8, 4) is 5.75 Å². The van der Waals surface area contributed by atoms with E-state index in [1.807, 2.05) is 0 Å². The minimum absolute atomic E-state index is 0.0236. The molecule has 292 valence electrons. The molecule has 21 nitrogen and oxygen atoms in total. The smallest absolute Gasteiger partial charge is 0.303 e. The Morgan fingerprint density at radius 3 is 1.36 bits per heavy atom. The van der Waals surface area contributed by atoms with E-state index in [4.69, 9.17) is 52.1 Å². The number of rotatable bonds is 14. The van der Waals surface area contributed by atoms with Crippen LogP contribution in [0.1, 0.15) is 48.5 Å². The fraction of sp³-hybridized carbons (Fsp3) is 0.594. The summed E-state index contributed by atoms with van der Waals surface area (Å²) in [5, 5.41) is 11.2. The number of hydrogen-bond acceptors (Lipinski definition) is 20. The van der Waals surface area contributed by atoms with Crippen LogP contribution in [-0.4, -0.2) is 121 Å². The maximum atomic E-state index is 12.5. The van der Waals surface area contributed by atoms with E-state index in [1.165, 1.54) is 12.1 Å². The van der Waals surface area contributed by atoms with Crippen molar-refractivity contribution in [1.82, 2.24) is 0 Å². The number of nitro groups is 1. The predicted octanol–water partition coefficient (Wildman–Crippen LogP) is 0.593. The molecule has 2 unspecified atom stereocenters. The number of nitro benzene ring substituents is 1. The lowest BCUT2D eigenvalue weighted by Crippen LogP contribution is -2.67. The van der Waals surface area contributed by atoms with Gasteiger partial charge in [0.15, 0.2) is 30.7 Å². The van der Waals surface area contributed by atoms with Crippen LogP contribution in [0.3, 0.4) is 0 Å². The minimum atomic E-state index is -1.85. The molecule has 2 aliphatic rings. The Balaban J connectivity index is 2.16. The predicted molar refractivity (Wildman–Crippen MR) is 167 cm³/mol. The highest BCUT2D eigenvalue weighted by Crippen LogP contribution is 2.36. The highest BCUT2D eigenvalue weighted by molar-refractivity contribution is 5.69. The molecule has 0 aromatic heterocycles. The molecule has 10 atom stereocenters. The number of ether oxygens (including phenoxy) is 11. The van der Waals surface area contributed by atoms with E-state index in [9.17, 15) is 43.7 Å². The number of hydrogen-bond donors (Lipinski definition) is 0. The molecule has 3 rings (SSSR count). The Kier molecular flexibility index (Phi) is 15.0. The molecule has 53 heavy (non-hydrogen) atoms. The maximum absolute atomic E-state index is 12.5. The van der Waals surface area contributed by atoms with Crippen LogP contribution < -0.4 is 4.74 Å². The molecule has 0 spiro atoms. The standard InChI is InChI=1S/C32H39NO20/c1-14(34)43-12-23-25(45-16(3)36)27(46-17(4)37)30(49-20(7)40)32(52-23)53-26-24(13-44-15(2)35)51-31(29(48-19(6)39)28(26)47-18(5)38)50-22-10-8-21(9-11-22)33(41)42/h8-11,23-32H,12-13H2,1-7H3/t23-,24-,25+,26-,27+,28+,29-,30?,31-,32?/m1/s1.